The highest BCUT2D eigenvalue weighted by Crippen LogP contribution is 2.39. The molecule has 1 fully saturated rings. The van der Waals surface area contributed by atoms with Gasteiger partial charge in [-0.15, -0.1) is 17.4 Å². The molecular weight excluding hydrogens is 312 g/mol. The van der Waals surface area contributed by atoms with Crippen LogP contribution in [0.15, 0.2) is 10.2 Å². The number of carbonyl (C=O) groups excluding carboxylic acids is 1. The molecule has 1 atom stereocenters. The van der Waals surface area contributed by atoms with E-state index < -0.39 is 11.6 Å². The highest BCUT2D eigenvalue weighted by molar-refractivity contribution is 5.87. The quantitative estimate of drug-likeness (QED) is 0.733. The first-order chi connectivity index (χ1) is 11.6. The van der Waals surface area contributed by atoms with Gasteiger partial charge in [-0.1, -0.05) is 0 Å². The van der Waals surface area contributed by atoms with Gasteiger partial charge in [0.25, 0.3) is 0 Å². The summed E-state index contributed by atoms with van der Waals surface area (Å²) in [6, 6.07) is -0.350. The number of likely N-dealkylation sites (tertiary alicyclic amines) is 1. The topological polar surface area (TPSA) is 124 Å². The number of nitrogens with zero attached hydrogens (tertiary/aromatic N) is 5. The average Bonchev–Trinajstić information content (AvgIpc) is 2.99. The maximum absolute atomic E-state index is 12.6. The SMILES string of the molecule is C#CCCC1(CCC(=O)N2CCCC2c2n[nH]nc2C(=O)O)N=N1. The fourth-order valence-electron chi connectivity index (χ4n) is 3.10. The van der Waals surface area contributed by atoms with Crippen LogP contribution in [0.4, 0.5) is 0 Å². The van der Waals surface area contributed by atoms with Gasteiger partial charge in [-0.25, -0.2) is 4.79 Å². The number of terminal acetylenes is 1. The van der Waals surface area contributed by atoms with Gasteiger partial charge in [-0.2, -0.15) is 20.5 Å². The van der Waals surface area contributed by atoms with Gasteiger partial charge in [0.05, 0.1) is 6.04 Å². The summed E-state index contributed by atoms with van der Waals surface area (Å²) >= 11 is 0. The van der Waals surface area contributed by atoms with Gasteiger partial charge >= 0.3 is 5.97 Å². The minimum Gasteiger partial charge on any atom is -0.476 e. The number of H-pyrrole nitrogens is 1. The van der Waals surface area contributed by atoms with Crippen LogP contribution in [0, 0.1) is 12.3 Å². The predicted octanol–water partition coefficient (Wildman–Crippen LogP) is 1.52. The Balaban J connectivity index is 1.63. The summed E-state index contributed by atoms with van der Waals surface area (Å²) in [4.78, 5) is 25.5. The van der Waals surface area contributed by atoms with E-state index >= 15 is 0 Å². The number of rotatable bonds is 7. The molecule has 2 aliphatic rings. The number of aromatic carboxylic acids is 1. The molecular formula is C15H18N6O3. The molecule has 0 aliphatic carbocycles. The number of hydrogen-bond donors (Lipinski definition) is 2. The summed E-state index contributed by atoms with van der Waals surface area (Å²) in [5.74, 6) is 1.36. The summed E-state index contributed by atoms with van der Waals surface area (Å²) in [5, 5.41) is 27.2. The van der Waals surface area contributed by atoms with Crippen molar-refractivity contribution < 1.29 is 14.7 Å². The first kappa shape index (κ1) is 16.1. The van der Waals surface area contributed by atoms with Crippen LogP contribution >= 0.6 is 0 Å². The number of amides is 1. The van der Waals surface area contributed by atoms with E-state index in [4.69, 9.17) is 6.42 Å². The Morgan fingerprint density at radius 2 is 2.17 bits per heavy atom. The third kappa shape index (κ3) is 3.13. The molecule has 0 radical (unpaired) electrons. The molecule has 3 heterocycles. The second-order valence-corrected chi connectivity index (χ2v) is 5.99. The van der Waals surface area contributed by atoms with E-state index in [-0.39, 0.29) is 17.6 Å². The van der Waals surface area contributed by atoms with Crippen LogP contribution < -0.4 is 0 Å². The Kier molecular flexibility index (Phi) is 4.29. The highest BCUT2D eigenvalue weighted by Gasteiger charge is 2.41. The molecule has 3 rings (SSSR count). The predicted molar refractivity (Wildman–Crippen MR) is 81.9 cm³/mol. The molecule has 2 aliphatic heterocycles. The van der Waals surface area contributed by atoms with Crippen LogP contribution in [0.2, 0.25) is 0 Å². The minimum absolute atomic E-state index is 0.0470. The third-order valence-electron chi connectivity index (χ3n) is 4.46. The normalized spacial score (nSPS) is 20.8. The van der Waals surface area contributed by atoms with Crippen LogP contribution in [0.25, 0.3) is 0 Å². The Bertz CT molecular complexity index is 713. The first-order valence-electron chi connectivity index (χ1n) is 7.87. The number of carboxylic acids is 1. The van der Waals surface area contributed by atoms with Crippen molar-refractivity contribution in [1.29, 1.82) is 0 Å². The number of aromatic amines is 1. The lowest BCUT2D eigenvalue weighted by molar-refractivity contribution is -0.132. The average molecular weight is 330 g/mol. The zero-order valence-corrected chi connectivity index (χ0v) is 13.1. The van der Waals surface area contributed by atoms with Crippen molar-refractivity contribution in [3.8, 4) is 12.3 Å². The molecule has 24 heavy (non-hydrogen) atoms. The maximum atomic E-state index is 12.6. The lowest BCUT2D eigenvalue weighted by atomic mass is 10.0. The number of hydrogen-bond acceptors (Lipinski definition) is 6. The monoisotopic (exact) mass is 330 g/mol. The zero-order valence-electron chi connectivity index (χ0n) is 13.1. The maximum Gasteiger partial charge on any atom is 0.358 e. The molecule has 0 aromatic carbocycles. The lowest BCUT2D eigenvalue weighted by Crippen LogP contribution is -2.32. The smallest absolute Gasteiger partial charge is 0.358 e. The van der Waals surface area contributed by atoms with Gasteiger partial charge in [-0.05, 0) is 12.8 Å². The number of carboxylic acid groups (broad SMARTS) is 1. The molecule has 0 spiro atoms. The second-order valence-electron chi connectivity index (χ2n) is 5.99. The van der Waals surface area contributed by atoms with E-state index in [1.54, 1.807) is 4.90 Å². The van der Waals surface area contributed by atoms with Crippen molar-refractivity contribution in [3.05, 3.63) is 11.4 Å². The number of nitrogens with one attached hydrogen (secondary N) is 1. The molecule has 9 heteroatoms. The summed E-state index contributed by atoms with van der Waals surface area (Å²) in [6.45, 7) is 0.584. The van der Waals surface area contributed by atoms with E-state index in [0.717, 1.165) is 6.42 Å². The van der Waals surface area contributed by atoms with Crippen molar-refractivity contribution in [2.75, 3.05) is 6.54 Å². The van der Waals surface area contributed by atoms with E-state index in [1.165, 1.54) is 0 Å². The van der Waals surface area contributed by atoms with Crippen molar-refractivity contribution in [2.45, 2.75) is 50.2 Å². The van der Waals surface area contributed by atoms with E-state index in [2.05, 4.69) is 31.6 Å². The summed E-state index contributed by atoms with van der Waals surface area (Å²) < 4.78 is 0. The minimum atomic E-state index is -1.15. The summed E-state index contributed by atoms with van der Waals surface area (Å²) in [7, 11) is 0. The van der Waals surface area contributed by atoms with Crippen molar-refractivity contribution in [1.82, 2.24) is 20.3 Å². The highest BCUT2D eigenvalue weighted by atomic mass is 16.4. The summed E-state index contributed by atoms with van der Waals surface area (Å²) in [6.07, 6.45) is 8.80. The Hall–Kier alpha value is -2.76. The van der Waals surface area contributed by atoms with Gasteiger partial charge in [0, 0.05) is 32.2 Å². The van der Waals surface area contributed by atoms with E-state index in [0.29, 0.717) is 44.3 Å². The second kappa shape index (κ2) is 6.39. The van der Waals surface area contributed by atoms with Crippen molar-refractivity contribution in [3.63, 3.8) is 0 Å². The lowest BCUT2D eigenvalue weighted by Gasteiger charge is -2.24. The molecule has 1 unspecified atom stereocenters. The van der Waals surface area contributed by atoms with Gasteiger partial charge in [0.1, 0.15) is 5.69 Å². The fourth-order valence-corrected chi connectivity index (χ4v) is 3.10. The Morgan fingerprint density at radius 1 is 1.38 bits per heavy atom. The molecule has 1 saturated heterocycles. The standard InChI is InChI=1S/C15H18N6O3/c1-2-3-7-15(18-19-15)8-6-11(22)21-9-4-5-10(21)12-13(14(23)24)17-20-16-12/h1,10H,3-9H2,(H,23,24)(H,16,17,20). The van der Waals surface area contributed by atoms with Crippen LogP contribution in [0.5, 0.6) is 0 Å². The van der Waals surface area contributed by atoms with Gasteiger partial charge < -0.3 is 10.0 Å². The Morgan fingerprint density at radius 3 is 2.83 bits per heavy atom. The summed E-state index contributed by atoms with van der Waals surface area (Å²) in [5.41, 5.74) is -0.300. The van der Waals surface area contributed by atoms with Gasteiger partial charge in [0.15, 0.2) is 11.4 Å². The molecule has 2 N–H and O–H groups in total. The van der Waals surface area contributed by atoms with Crippen molar-refractivity contribution >= 4 is 11.9 Å². The van der Waals surface area contributed by atoms with E-state index in [9.17, 15) is 14.7 Å². The van der Waals surface area contributed by atoms with Gasteiger partial charge in [-0.3, -0.25) is 4.79 Å². The van der Waals surface area contributed by atoms with Crippen LogP contribution in [-0.4, -0.2) is 49.5 Å². The van der Waals surface area contributed by atoms with Crippen LogP contribution in [0.1, 0.15) is 60.7 Å². The first-order valence-corrected chi connectivity index (χ1v) is 7.87. The van der Waals surface area contributed by atoms with Crippen LogP contribution in [0.3, 0.4) is 0 Å². The van der Waals surface area contributed by atoms with Crippen molar-refractivity contribution in [2.24, 2.45) is 10.2 Å². The number of carbonyl (C=O) groups is 2. The fraction of sp³-hybridized carbons (Fsp3) is 0.600. The van der Waals surface area contributed by atoms with Crippen LogP contribution in [-0.2, 0) is 4.79 Å². The third-order valence-corrected chi connectivity index (χ3v) is 4.46. The van der Waals surface area contributed by atoms with E-state index in [1.807, 2.05) is 0 Å². The molecule has 9 nitrogen and oxygen atoms in total. The molecule has 1 aromatic rings. The molecule has 0 bridgehead atoms. The number of aromatic nitrogens is 3. The molecule has 1 aromatic heterocycles. The molecule has 0 saturated carbocycles. The zero-order chi connectivity index (χ0) is 17.2. The molecule has 126 valence electrons. The van der Waals surface area contributed by atoms with Gasteiger partial charge in [0.2, 0.25) is 5.91 Å². The molecule has 1 amide bonds. The Labute approximate surface area is 138 Å². The largest absolute Gasteiger partial charge is 0.476 e.